The van der Waals surface area contributed by atoms with Gasteiger partial charge in [0.25, 0.3) is 0 Å². The Kier molecular flexibility index (Phi) is 2.67. The van der Waals surface area contributed by atoms with Gasteiger partial charge in [0.05, 0.1) is 24.2 Å². The predicted molar refractivity (Wildman–Crippen MR) is 61.4 cm³/mol. The summed E-state index contributed by atoms with van der Waals surface area (Å²) in [6.07, 6.45) is 5.48. The Morgan fingerprint density at radius 1 is 1.35 bits per heavy atom. The van der Waals surface area contributed by atoms with E-state index in [1.165, 1.54) is 0 Å². The zero-order valence-electron chi connectivity index (χ0n) is 10.2. The minimum absolute atomic E-state index is 0.247. The summed E-state index contributed by atoms with van der Waals surface area (Å²) in [7, 11) is 0. The fourth-order valence-corrected chi connectivity index (χ4v) is 2.82. The standard InChI is InChI=1S/C12H19N3O2/c1-8-6-9(7-16-8)10-14-11(15-17-10)12(13)4-2-3-5-12/h8-9H,2-7,13H2,1H3. The Balaban J connectivity index is 1.78. The normalized spacial score (nSPS) is 32.1. The maximum atomic E-state index is 6.30. The first-order chi connectivity index (χ1) is 8.17. The molecule has 2 heterocycles. The van der Waals surface area contributed by atoms with Crippen LogP contribution in [0.15, 0.2) is 4.52 Å². The van der Waals surface area contributed by atoms with E-state index in [2.05, 4.69) is 17.1 Å². The molecular formula is C12H19N3O2. The van der Waals surface area contributed by atoms with Gasteiger partial charge in [0.1, 0.15) is 0 Å². The molecule has 2 aliphatic rings. The van der Waals surface area contributed by atoms with Crippen LogP contribution < -0.4 is 5.73 Å². The lowest BCUT2D eigenvalue weighted by atomic mass is 9.98. The van der Waals surface area contributed by atoms with Gasteiger partial charge >= 0.3 is 0 Å². The highest BCUT2D eigenvalue weighted by atomic mass is 16.5. The quantitative estimate of drug-likeness (QED) is 0.847. The number of ether oxygens (including phenoxy) is 1. The number of rotatable bonds is 2. The molecule has 17 heavy (non-hydrogen) atoms. The summed E-state index contributed by atoms with van der Waals surface area (Å²) in [6.45, 7) is 2.75. The van der Waals surface area contributed by atoms with Crippen molar-refractivity contribution in [1.29, 1.82) is 0 Å². The van der Waals surface area contributed by atoms with E-state index in [1.807, 2.05) is 0 Å². The van der Waals surface area contributed by atoms with Crippen LogP contribution in [-0.2, 0) is 10.3 Å². The third-order valence-corrected chi connectivity index (χ3v) is 3.93. The lowest BCUT2D eigenvalue weighted by Crippen LogP contribution is -2.34. The second-order valence-electron chi connectivity index (χ2n) is 5.40. The third kappa shape index (κ3) is 1.98. The predicted octanol–water partition coefficient (Wildman–Crippen LogP) is 1.69. The van der Waals surface area contributed by atoms with E-state index in [-0.39, 0.29) is 17.6 Å². The molecule has 2 atom stereocenters. The Morgan fingerprint density at radius 2 is 2.12 bits per heavy atom. The lowest BCUT2D eigenvalue weighted by Gasteiger charge is -2.17. The summed E-state index contributed by atoms with van der Waals surface area (Å²) < 4.78 is 10.9. The van der Waals surface area contributed by atoms with Crippen LogP contribution in [0, 0.1) is 0 Å². The van der Waals surface area contributed by atoms with E-state index in [0.717, 1.165) is 32.1 Å². The van der Waals surface area contributed by atoms with Crippen molar-refractivity contribution in [1.82, 2.24) is 10.1 Å². The van der Waals surface area contributed by atoms with Crippen LogP contribution in [0.5, 0.6) is 0 Å². The van der Waals surface area contributed by atoms with Crippen LogP contribution in [0.25, 0.3) is 0 Å². The Morgan fingerprint density at radius 3 is 2.76 bits per heavy atom. The molecule has 2 N–H and O–H groups in total. The highest BCUT2D eigenvalue weighted by molar-refractivity contribution is 5.08. The fourth-order valence-electron chi connectivity index (χ4n) is 2.82. The Hall–Kier alpha value is -0.940. The van der Waals surface area contributed by atoms with Gasteiger partial charge in [-0.2, -0.15) is 4.98 Å². The van der Waals surface area contributed by atoms with Gasteiger partial charge in [0.15, 0.2) is 5.82 Å². The Bertz CT molecular complexity index is 398. The summed E-state index contributed by atoms with van der Waals surface area (Å²) in [5.41, 5.74) is 5.95. The molecule has 1 saturated carbocycles. The van der Waals surface area contributed by atoms with Crippen molar-refractivity contribution in [2.24, 2.45) is 5.73 Å². The van der Waals surface area contributed by atoms with Gasteiger partial charge in [0.2, 0.25) is 5.89 Å². The molecule has 2 fully saturated rings. The van der Waals surface area contributed by atoms with E-state index < -0.39 is 0 Å². The smallest absolute Gasteiger partial charge is 0.232 e. The molecular weight excluding hydrogens is 218 g/mol. The maximum absolute atomic E-state index is 6.30. The van der Waals surface area contributed by atoms with Crippen LogP contribution in [0.1, 0.15) is 56.7 Å². The minimum atomic E-state index is -0.354. The van der Waals surface area contributed by atoms with Crippen molar-refractivity contribution >= 4 is 0 Å². The molecule has 0 radical (unpaired) electrons. The SMILES string of the molecule is CC1CC(c2nc(C3(N)CCCC3)no2)CO1. The highest BCUT2D eigenvalue weighted by Crippen LogP contribution is 2.36. The summed E-state index contributed by atoms with van der Waals surface area (Å²) in [4.78, 5) is 4.50. The van der Waals surface area contributed by atoms with Gasteiger partial charge in [-0.3, -0.25) is 0 Å². The summed E-state index contributed by atoms with van der Waals surface area (Å²) in [5, 5.41) is 4.07. The van der Waals surface area contributed by atoms with E-state index in [1.54, 1.807) is 0 Å². The zero-order chi connectivity index (χ0) is 11.9. The lowest BCUT2D eigenvalue weighted by molar-refractivity contribution is 0.122. The molecule has 1 saturated heterocycles. The van der Waals surface area contributed by atoms with Crippen LogP contribution in [0.3, 0.4) is 0 Å². The first kappa shape index (κ1) is 11.2. The second kappa shape index (κ2) is 4.07. The topological polar surface area (TPSA) is 74.2 Å². The number of hydrogen-bond acceptors (Lipinski definition) is 5. The maximum Gasteiger partial charge on any atom is 0.232 e. The van der Waals surface area contributed by atoms with Crippen LogP contribution >= 0.6 is 0 Å². The molecule has 3 rings (SSSR count). The first-order valence-electron chi connectivity index (χ1n) is 6.42. The number of nitrogens with zero attached hydrogens (tertiary/aromatic N) is 2. The largest absolute Gasteiger partial charge is 0.378 e. The van der Waals surface area contributed by atoms with Gasteiger partial charge in [-0.05, 0) is 26.2 Å². The molecule has 0 spiro atoms. The monoisotopic (exact) mass is 237 g/mol. The fraction of sp³-hybridized carbons (Fsp3) is 0.833. The molecule has 2 unspecified atom stereocenters. The van der Waals surface area contributed by atoms with Gasteiger partial charge in [0, 0.05) is 0 Å². The second-order valence-corrected chi connectivity index (χ2v) is 5.40. The van der Waals surface area contributed by atoms with Crippen molar-refractivity contribution in [3.8, 4) is 0 Å². The molecule has 5 nitrogen and oxygen atoms in total. The van der Waals surface area contributed by atoms with Crippen molar-refractivity contribution < 1.29 is 9.26 Å². The molecule has 1 aromatic heterocycles. The van der Waals surface area contributed by atoms with E-state index >= 15 is 0 Å². The van der Waals surface area contributed by atoms with Gasteiger partial charge < -0.3 is 15.0 Å². The van der Waals surface area contributed by atoms with Crippen molar-refractivity contribution in [3.05, 3.63) is 11.7 Å². The Labute approximate surface area is 101 Å². The number of aromatic nitrogens is 2. The van der Waals surface area contributed by atoms with Gasteiger partial charge in [-0.15, -0.1) is 0 Å². The molecule has 0 bridgehead atoms. The minimum Gasteiger partial charge on any atom is -0.378 e. The molecule has 1 aromatic rings. The molecule has 0 amide bonds. The van der Waals surface area contributed by atoms with Crippen molar-refractivity contribution in [3.63, 3.8) is 0 Å². The molecule has 1 aliphatic heterocycles. The van der Waals surface area contributed by atoms with Crippen molar-refractivity contribution in [2.45, 2.75) is 56.6 Å². The van der Waals surface area contributed by atoms with E-state index in [4.69, 9.17) is 15.0 Å². The zero-order valence-corrected chi connectivity index (χ0v) is 10.2. The van der Waals surface area contributed by atoms with E-state index in [9.17, 15) is 0 Å². The van der Waals surface area contributed by atoms with Crippen LogP contribution in [-0.4, -0.2) is 22.9 Å². The summed E-state index contributed by atoms with van der Waals surface area (Å²) in [5.74, 6) is 1.63. The van der Waals surface area contributed by atoms with Gasteiger partial charge in [-0.1, -0.05) is 18.0 Å². The number of nitrogens with two attached hydrogens (primary N) is 1. The first-order valence-corrected chi connectivity index (χ1v) is 6.42. The average Bonchev–Trinajstić information content (AvgIpc) is 2.96. The summed E-state index contributed by atoms with van der Waals surface area (Å²) >= 11 is 0. The number of hydrogen-bond donors (Lipinski definition) is 1. The molecule has 1 aliphatic carbocycles. The van der Waals surface area contributed by atoms with Crippen molar-refractivity contribution in [2.75, 3.05) is 6.61 Å². The average molecular weight is 237 g/mol. The van der Waals surface area contributed by atoms with Crippen LogP contribution in [0.4, 0.5) is 0 Å². The molecule has 0 aromatic carbocycles. The van der Waals surface area contributed by atoms with Crippen LogP contribution in [0.2, 0.25) is 0 Å². The highest BCUT2D eigenvalue weighted by Gasteiger charge is 2.37. The summed E-state index contributed by atoms with van der Waals surface area (Å²) in [6, 6.07) is 0. The van der Waals surface area contributed by atoms with Gasteiger partial charge in [-0.25, -0.2) is 0 Å². The third-order valence-electron chi connectivity index (χ3n) is 3.93. The molecule has 5 heteroatoms. The van der Waals surface area contributed by atoms with E-state index in [0.29, 0.717) is 18.3 Å². The molecule has 94 valence electrons.